The Balaban J connectivity index is 2.08. The Hall–Kier alpha value is -1.28. The fourth-order valence-electron chi connectivity index (χ4n) is 3.03. The number of aromatic nitrogens is 1. The lowest BCUT2D eigenvalue weighted by Crippen LogP contribution is -2.41. The molecule has 0 aliphatic heterocycles. The molecule has 2 aromatic rings. The van der Waals surface area contributed by atoms with Crippen molar-refractivity contribution in [1.82, 2.24) is 10.3 Å². The van der Waals surface area contributed by atoms with Crippen molar-refractivity contribution < 1.29 is 0 Å². The number of nitrogens with one attached hydrogen (secondary N) is 2. The number of fused-ring (bicyclic) bond motifs is 1. The Morgan fingerprint density at radius 1 is 1.05 bits per heavy atom. The van der Waals surface area contributed by atoms with Gasteiger partial charge in [-0.3, -0.25) is 0 Å². The number of aromatic amines is 1. The summed E-state index contributed by atoms with van der Waals surface area (Å²) in [7, 11) is 0. The molecule has 0 unspecified atom stereocenters. The van der Waals surface area contributed by atoms with Gasteiger partial charge in [-0.2, -0.15) is 0 Å². The van der Waals surface area contributed by atoms with Crippen molar-refractivity contribution in [2.45, 2.75) is 53.1 Å². The lowest BCUT2D eigenvalue weighted by Gasteiger charge is -2.33. The molecule has 0 aliphatic rings. The second kappa shape index (κ2) is 5.01. The van der Waals surface area contributed by atoms with Crippen LogP contribution in [0.25, 0.3) is 10.9 Å². The van der Waals surface area contributed by atoms with E-state index < -0.39 is 0 Å². The Kier molecular flexibility index (Phi) is 3.73. The maximum atomic E-state index is 3.70. The maximum absolute atomic E-state index is 3.70. The third-order valence-corrected chi connectivity index (χ3v) is 3.41. The minimum Gasteiger partial charge on any atom is -0.361 e. The third-order valence-electron chi connectivity index (χ3n) is 3.41. The zero-order valence-electron chi connectivity index (χ0n) is 12.8. The van der Waals surface area contributed by atoms with Gasteiger partial charge in [0.1, 0.15) is 0 Å². The van der Waals surface area contributed by atoms with Crippen LogP contribution in [0.5, 0.6) is 0 Å². The molecular weight excluding hydrogens is 232 g/mol. The monoisotopic (exact) mass is 258 g/mol. The van der Waals surface area contributed by atoms with Crippen LogP contribution in [-0.2, 0) is 6.54 Å². The molecule has 2 N–H and O–H groups in total. The largest absolute Gasteiger partial charge is 0.361 e. The Morgan fingerprint density at radius 2 is 1.79 bits per heavy atom. The molecule has 19 heavy (non-hydrogen) atoms. The summed E-state index contributed by atoms with van der Waals surface area (Å²) in [5.41, 5.74) is 3.07. The predicted molar refractivity (Wildman–Crippen MR) is 83.3 cm³/mol. The third kappa shape index (κ3) is 3.84. The molecule has 0 amide bonds. The molecule has 0 aliphatic carbocycles. The molecule has 0 atom stereocenters. The van der Waals surface area contributed by atoms with Gasteiger partial charge in [0, 0.05) is 29.2 Å². The number of H-pyrrole nitrogens is 1. The minimum absolute atomic E-state index is 0.150. The van der Waals surface area contributed by atoms with Crippen LogP contribution in [0.15, 0.2) is 30.5 Å². The van der Waals surface area contributed by atoms with Gasteiger partial charge in [0.25, 0.3) is 0 Å². The second-order valence-corrected chi connectivity index (χ2v) is 7.33. The summed E-state index contributed by atoms with van der Waals surface area (Å²) in [5, 5.41) is 5.02. The molecule has 2 nitrogen and oxygen atoms in total. The lowest BCUT2D eigenvalue weighted by molar-refractivity contribution is 0.241. The van der Waals surface area contributed by atoms with E-state index in [0.29, 0.717) is 5.41 Å². The highest BCUT2D eigenvalue weighted by atomic mass is 15.0. The van der Waals surface area contributed by atoms with Gasteiger partial charge >= 0.3 is 0 Å². The van der Waals surface area contributed by atoms with Crippen LogP contribution in [0.4, 0.5) is 0 Å². The van der Waals surface area contributed by atoms with Gasteiger partial charge in [0.15, 0.2) is 0 Å². The van der Waals surface area contributed by atoms with Crippen LogP contribution in [0.1, 0.15) is 46.6 Å². The van der Waals surface area contributed by atoms with E-state index in [1.54, 1.807) is 0 Å². The predicted octanol–water partition coefficient (Wildman–Crippen LogP) is 4.47. The minimum atomic E-state index is 0.150. The first kappa shape index (κ1) is 14.1. The van der Waals surface area contributed by atoms with E-state index in [-0.39, 0.29) is 5.54 Å². The summed E-state index contributed by atoms with van der Waals surface area (Å²) >= 11 is 0. The molecule has 0 radical (unpaired) electrons. The van der Waals surface area contributed by atoms with Crippen LogP contribution in [0.3, 0.4) is 0 Å². The summed E-state index contributed by atoms with van der Waals surface area (Å²) in [4.78, 5) is 3.27. The molecule has 104 valence electrons. The maximum Gasteiger partial charge on any atom is 0.0457 e. The van der Waals surface area contributed by atoms with Crippen molar-refractivity contribution in [2.24, 2.45) is 5.41 Å². The highest BCUT2D eigenvalue weighted by Gasteiger charge is 2.24. The molecule has 2 rings (SSSR count). The molecule has 0 saturated heterocycles. The van der Waals surface area contributed by atoms with Crippen molar-refractivity contribution in [2.75, 3.05) is 0 Å². The Labute approximate surface area is 116 Å². The van der Waals surface area contributed by atoms with E-state index in [4.69, 9.17) is 0 Å². The molecule has 0 spiro atoms. The van der Waals surface area contributed by atoms with Crippen LogP contribution < -0.4 is 5.32 Å². The number of hydrogen-bond acceptors (Lipinski definition) is 1. The smallest absolute Gasteiger partial charge is 0.0457 e. The van der Waals surface area contributed by atoms with Crippen LogP contribution in [-0.4, -0.2) is 10.5 Å². The summed E-state index contributed by atoms with van der Waals surface area (Å²) in [6.45, 7) is 12.4. The molecule has 0 fully saturated rings. The van der Waals surface area contributed by atoms with E-state index in [1.807, 2.05) is 6.20 Å². The summed E-state index contributed by atoms with van der Waals surface area (Å²) in [6.07, 6.45) is 3.16. The number of benzene rings is 1. The van der Waals surface area contributed by atoms with E-state index >= 15 is 0 Å². The topological polar surface area (TPSA) is 27.8 Å². The highest BCUT2D eigenvalue weighted by Crippen LogP contribution is 2.27. The zero-order chi connectivity index (χ0) is 14.1. The van der Waals surface area contributed by atoms with Gasteiger partial charge in [-0.15, -0.1) is 0 Å². The van der Waals surface area contributed by atoms with Gasteiger partial charge in [0.05, 0.1) is 0 Å². The Morgan fingerprint density at radius 3 is 2.47 bits per heavy atom. The molecule has 0 saturated carbocycles. The average molecular weight is 258 g/mol. The van der Waals surface area contributed by atoms with Crippen LogP contribution in [0.2, 0.25) is 0 Å². The summed E-state index contributed by atoms with van der Waals surface area (Å²) in [6, 6.07) is 8.60. The van der Waals surface area contributed by atoms with E-state index in [2.05, 4.69) is 69.2 Å². The van der Waals surface area contributed by atoms with Crippen molar-refractivity contribution in [3.05, 3.63) is 36.0 Å². The van der Waals surface area contributed by atoms with E-state index in [0.717, 1.165) is 13.0 Å². The first-order valence-electron chi connectivity index (χ1n) is 7.07. The molecule has 0 bridgehead atoms. The van der Waals surface area contributed by atoms with Crippen molar-refractivity contribution in [3.8, 4) is 0 Å². The average Bonchev–Trinajstić information content (AvgIpc) is 2.71. The van der Waals surface area contributed by atoms with Crippen molar-refractivity contribution in [1.29, 1.82) is 0 Å². The first-order chi connectivity index (χ1) is 8.77. The van der Waals surface area contributed by atoms with Crippen LogP contribution >= 0.6 is 0 Å². The van der Waals surface area contributed by atoms with E-state index in [9.17, 15) is 0 Å². The molecular formula is C17H26N2. The summed E-state index contributed by atoms with van der Waals surface area (Å²) < 4.78 is 0. The first-order valence-corrected chi connectivity index (χ1v) is 7.07. The van der Waals surface area contributed by atoms with Crippen LogP contribution in [0, 0.1) is 5.41 Å². The van der Waals surface area contributed by atoms with Gasteiger partial charge in [-0.25, -0.2) is 0 Å². The van der Waals surface area contributed by atoms with E-state index in [1.165, 1.54) is 16.5 Å². The fraction of sp³-hybridized carbons (Fsp3) is 0.529. The standard InChI is InChI=1S/C17H26N2/c1-16(2,3)12-17(4,5)19-11-13-7-6-8-15-14(13)9-10-18-15/h6-10,18-19H,11-12H2,1-5H3. The fourth-order valence-corrected chi connectivity index (χ4v) is 3.03. The van der Waals surface area contributed by atoms with Gasteiger partial charge in [-0.1, -0.05) is 32.9 Å². The molecule has 1 aromatic heterocycles. The van der Waals surface area contributed by atoms with Gasteiger partial charge < -0.3 is 10.3 Å². The zero-order valence-corrected chi connectivity index (χ0v) is 12.8. The van der Waals surface area contributed by atoms with Gasteiger partial charge in [-0.05, 0) is 43.4 Å². The molecule has 1 aromatic carbocycles. The molecule has 1 heterocycles. The van der Waals surface area contributed by atoms with Gasteiger partial charge in [0.2, 0.25) is 0 Å². The quantitative estimate of drug-likeness (QED) is 0.832. The lowest BCUT2D eigenvalue weighted by atomic mass is 9.81. The second-order valence-electron chi connectivity index (χ2n) is 7.33. The van der Waals surface area contributed by atoms with Crippen molar-refractivity contribution in [3.63, 3.8) is 0 Å². The normalized spacial score (nSPS) is 13.1. The number of hydrogen-bond donors (Lipinski definition) is 2. The number of rotatable bonds is 4. The highest BCUT2D eigenvalue weighted by molar-refractivity contribution is 5.82. The Bertz CT molecular complexity index is 544. The molecule has 2 heteroatoms. The summed E-state index contributed by atoms with van der Waals surface area (Å²) in [5.74, 6) is 0. The SMILES string of the molecule is CC(C)(C)CC(C)(C)NCc1cccc2[nH]ccc12. The van der Waals surface area contributed by atoms with Crippen molar-refractivity contribution >= 4 is 10.9 Å².